The van der Waals surface area contributed by atoms with E-state index in [0.29, 0.717) is 32.2 Å². The van der Waals surface area contributed by atoms with Gasteiger partial charge >= 0.3 is 0 Å². The highest BCUT2D eigenvalue weighted by molar-refractivity contribution is 7.89. The number of amides is 1. The molecule has 0 bridgehead atoms. The quantitative estimate of drug-likeness (QED) is 0.705. The third-order valence-corrected chi connectivity index (χ3v) is 8.42. The first-order valence-electron chi connectivity index (χ1n) is 10.7. The molecule has 1 aromatic rings. The van der Waals surface area contributed by atoms with E-state index in [2.05, 4.69) is 0 Å². The predicted octanol–water partition coefficient (Wildman–Crippen LogP) is 2.76. The molecule has 2 atom stereocenters. The van der Waals surface area contributed by atoms with Crippen molar-refractivity contribution in [3.8, 4) is 0 Å². The van der Waals surface area contributed by atoms with Gasteiger partial charge in [0.1, 0.15) is 0 Å². The van der Waals surface area contributed by atoms with Gasteiger partial charge in [-0.1, -0.05) is 31.4 Å². The first kappa shape index (κ1) is 20.6. The molecule has 0 spiro atoms. The van der Waals surface area contributed by atoms with Gasteiger partial charge in [0.15, 0.2) is 0 Å². The first-order chi connectivity index (χ1) is 14.0. The van der Waals surface area contributed by atoms with E-state index in [9.17, 15) is 13.2 Å². The largest absolute Gasteiger partial charge is 0.379 e. The Balaban J connectivity index is 1.37. The number of rotatable bonds is 4. The maximum atomic E-state index is 12.7. The van der Waals surface area contributed by atoms with Crippen molar-refractivity contribution in [2.24, 2.45) is 11.8 Å². The first-order valence-corrected chi connectivity index (χ1v) is 12.1. The van der Waals surface area contributed by atoms with Crippen LogP contribution in [0.4, 0.5) is 0 Å². The third kappa shape index (κ3) is 4.73. The maximum Gasteiger partial charge on any atom is 0.246 e. The molecule has 3 aliphatic rings. The van der Waals surface area contributed by atoms with Crippen LogP contribution >= 0.6 is 0 Å². The molecular formula is C22H30N2O4S. The summed E-state index contributed by atoms with van der Waals surface area (Å²) in [5.74, 6) is 1.52. The molecule has 1 aliphatic carbocycles. The van der Waals surface area contributed by atoms with Crippen LogP contribution in [0.3, 0.4) is 0 Å². The minimum absolute atomic E-state index is 0.0547. The van der Waals surface area contributed by atoms with E-state index in [1.807, 2.05) is 4.90 Å². The summed E-state index contributed by atoms with van der Waals surface area (Å²) in [6, 6.07) is 6.74. The highest BCUT2D eigenvalue weighted by atomic mass is 32.2. The lowest BCUT2D eigenvalue weighted by molar-refractivity contribution is -0.128. The summed E-state index contributed by atoms with van der Waals surface area (Å²) >= 11 is 0. The van der Waals surface area contributed by atoms with Crippen LogP contribution in [0, 0.1) is 11.8 Å². The number of ether oxygens (including phenoxy) is 1. The fourth-order valence-corrected chi connectivity index (χ4v) is 6.17. The van der Waals surface area contributed by atoms with Gasteiger partial charge in [-0.2, -0.15) is 4.31 Å². The summed E-state index contributed by atoms with van der Waals surface area (Å²) in [4.78, 5) is 14.9. The van der Waals surface area contributed by atoms with E-state index < -0.39 is 10.0 Å². The summed E-state index contributed by atoms with van der Waals surface area (Å²) in [6.45, 7) is 3.36. The number of carbonyl (C=O) groups excluding carboxylic acids is 1. The number of hydrogen-bond donors (Lipinski definition) is 0. The van der Waals surface area contributed by atoms with Crippen molar-refractivity contribution >= 4 is 22.0 Å². The monoisotopic (exact) mass is 418 g/mol. The predicted molar refractivity (Wildman–Crippen MR) is 112 cm³/mol. The van der Waals surface area contributed by atoms with Crippen molar-refractivity contribution < 1.29 is 17.9 Å². The summed E-state index contributed by atoms with van der Waals surface area (Å²) in [5, 5.41) is 0. The lowest BCUT2D eigenvalue weighted by atomic mass is 9.75. The van der Waals surface area contributed by atoms with E-state index in [-0.39, 0.29) is 10.8 Å². The molecular weight excluding hydrogens is 388 g/mol. The van der Waals surface area contributed by atoms with Gasteiger partial charge in [0.05, 0.1) is 18.1 Å². The smallest absolute Gasteiger partial charge is 0.246 e. The normalized spacial score (nSPS) is 26.4. The van der Waals surface area contributed by atoms with Crippen molar-refractivity contribution in [1.82, 2.24) is 9.21 Å². The van der Waals surface area contributed by atoms with Crippen LogP contribution in [0.15, 0.2) is 35.2 Å². The Morgan fingerprint density at radius 1 is 0.966 bits per heavy atom. The number of likely N-dealkylation sites (tertiary alicyclic amines) is 1. The SMILES string of the molecule is O=C(/C=C/c1ccc(S(=O)(=O)N2CCOCC2)cc1)N1CC[C@@H]2CCCC[C@@H]2C1. The lowest BCUT2D eigenvalue weighted by Crippen LogP contribution is -2.44. The number of benzene rings is 1. The minimum atomic E-state index is -3.48. The van der Waals surface area contributed by atoms with E-state index in [4.69, 9.17) is 4.74 Å². The molecule has 3 fully saturated rings. The Labute approximate surface area is 173 Å². The van der Waals surface area contributed by atoms with Crippen LogP contribution in [0.1, 0.15) is 37.7 Å². The molecule has 2 aliphatic heterocycles. The zero-order valence-electron chi connectivity index (χ0n) is 16.8. The molecule has 29 heavy (non-hydrogen) atoms. The summed E-state index contributed by atoms with van der Waals surface area (Å²) < 4.78 is 32.0. The van der Waals surface area contributed by atoms with Crippen molar-refractivity contribution in [3.63, 3.8) is 0 Å². The van der Waals surface area contributed by atoms with Crippen LogP contribution < -0.4 is 0 Å². The van der Waals surface area contributed by atoms with Gasteiger partial charge in [-0.3, -0.25) is 4.79 Å². The maximum absolute atomic E-state index is 12.7. The van der Waals surface area contributed by atoms with Gasteiger partial charge in [0.2, 0.25) is 15.9 Å². The molecule has 1 aromatic carbocycles. The van der Waals surface area contributed by atoms with E-state index in [0.717, 1.165) is 31.0 Å². The second-order valence-corrected chi connectivity index (χ2v) is 10.2. The number of carbonyl (C=O) groups is 1. The molecule has 0 aromatic heterocycles. The molecule has 2 heterocycles. The van der Waals surface area contributed by atoms with Crippen molar-refractivity contribution in [2.45, 2.75) is 37.0 Å². The molecule has 2 saturated heterocycles. The Morgan fingerprint density at radius 3 is 2.38 bits per heavy atom. The number of sulfonamides is 1. The molecule has 0 unspecified atom stereocenters. The Hall–Kier alpha value is -1.70. The Bertz CT molecular complexity index is 844. The fraction of sp³-hybridized carbons (Fsp3) is 0.591. The van der Waals surface area contributed by atoms with Gasteiger partial charge in [0.25, 0.3) is 0 Å². The fourth-order valence-electron chi connectivity index (χ4n) is 4.76. The number of morpholine rings is 1. The Morgan fingerprint density at radius 2 is 1.66 bits per heavy atom. The van der Waals surface area contributed by atoms with E-state index in [1.165, 1.54) is 30.0 Å². The summed E-state index contributed by atoms with van der Waals surface area (Å²) in [5.41, 5.74) is 0.826. The highest BCUT2D eigenvalue weighted by Crippen LogP contribution is 2.36. The summed E-state index contributed by atoms with van der Waals surface area (Å²) in [7, 11) is -3.48. The van der Waals surface area contributed by atoms with Crippen molar-refractivity contribution in [2.75, 3.05) is 39.4 Å². The molecule has 1 amide bonds. The topological polar surface area (TPSA) is 66.9 Å². The average Bonchev–Trinajstić information content (AvgIpc) is 2.78. The third-order valence-electron chi connectivity index (χ3n) is 6.51. The zero-order valence-corrected chi connectivity index (χ0v) is 17.6. The molecule has 0 N–H and O–H groups in total. The second-order valence-electron chi connectivity index (χ2n) is 8.30. The second kappa shape index (κ2) is 8.98. The number of fused-ring (bicyclic) bond motifs is 1. The molecule has 4 rings (SSSR count). The standard InChI is InChI=1S/C22H30N2O4S/c25-22(23-12-11-19-3-1-2-4-20(19)17-23)10-7-18-5-8-21(9-6-18)29(26,27)24-13-15-28-16-14-24/h5-10,19-20H,1-4,11-17H2/b10-7+/t19-,20+/m0/s1. The van der Waals surface area contributed by atoms with Gasteiger partial charge in [-0.15, -0.1) is 0 Å². The Kier molecular flexibility index (Phi) is 6.37. The van der Waals surface area contributed by atoms with E-state index >= 15 is 0 Å². The lowest BCUT2D eigenvalue weighted by Gasteiger charge is -2.41. The average molecular weight is 419 g/mol. The molecule has 7 heteroatoms. The molecule has 1 saturated carbocycles. The van der Waals surface area contributed by atoms with Gasteiger partial charge in [-0.05, 0) is 48.4 Å². The minimum Gasteiger partial charge on any atom is -0.379 e. The molecule has 158 valence electrons. The van der Waals surface area contributed by atoms with Gasteiger partial charge in [0, 0.05) is 32.3 Å². The van der Waals surface area contributed by atoms with Crippen molar-refractivity contribution in [3.05, 3.63) is 35.9 Å². The molecule has 0 radical (unpaired) electrons. The van der Waals surface area contributed by atoms with Crippen LogP contribution in [-0.4, -0.2) is 62.9 Å². The number of piperidine rings is 1. The van der Waals surface area contributed by atoms with Crippen molar-refractivity contribution in [1.29, 1.82) is 0 Å². The van der Waals surface area contributed by atoms with Gasteiger partial charge < -0.3 is 9.64 Å². The molecule has 6 nitrogen and oxygen atoms in total. The van der Waals surface area contributed by atoms with E-state index in [1.54, 1.807) is 36.4 Å². The van der Waals surface area contributed by atoms with Crippen LogP contribution in [0.5, 0.6) is 0 Å². The summed E-state index contributed by atoms with van der Waals surface area (Å²) in [6.07, 6.45) is 9.72. The van der Waals surface area contributed by atoms with Crippen LogP contribution in [-0.2, 0) is 19.6 Å². The highest BCUT2D eigenvalue weighted by Gasteiger charge is 2.32. The van der Waals surface area contributed by atoms with Crippen LogP contribution in [0.25, 0.3) is 6.08 Å². The van der Waals surface area contributed by atoms with Gasteiger partial charge in [-0.25, -0.2) is 8.42 Å². The number of hydrogen-bond acceptors (Lipinski definition) is 4. The van der Waals surface area contributed by atoms with Crippen LogP contribution in [0.2, 0.25) is 0 Å². The number of nitrogens with zero attached hydrogens (tertiary/aromatic N) is 2. The zero-order chi connectivity index (χ0) is 20.3.